The molecule has 0 spiro atoms. The van der Waals surface area contributed by atoms with E-state index in [0.29, 0.717) is 5.56 Å². The number of nitrogens with one attached hydrogen (secondary N) is 1. The molecule has 5 nitrogen and oxygen atoms in total. The highest BCUT2D eigenvalue weighted by molar-refractivity contribution is 5.94. The van der Waals surface area contributed by atoms with Crippen molar-refractivity contribution >= 4 is 11.9 Å². The molecule has 1 amide bonds. The molecule has 0 unspecified atom stereocenters. The molecule has 0 aliphatic heterocycles. The Bertz CT molecular complexity index is 778. The zero-order valence-corrected chi connectivity index (χ0v) is 18.8. The van der Waals surface area contributed by atoms with Crippen molar-refractivity contribution in [3.63, 3.8) is 0 Å². The first kappa shape index (κ1) is 25.2. The van der Waals surface area contributed by atoms with E-state index in [-0.39, 0.29) is 24.3 Å². The van der Waals surface area contributed by atoms with Crippen LogP contribution in [0.3, 0.4) is 0 Å². The second kappa shape index (κ2) is 12.7. The highest BCUT2D eigenvalue weighted by atomic mass is 16.5. The van der Waals surface area contributed by atoms with Gasteiger partial charge in [-0.25, -0.2) is 0 Å². The van der Waals surface area contributed by atoms with Crippen LogP contribution in [0.5, 0.6) is 5.75 Å². The lowest BCUT2D eigenvalue weighted by Gasteiger charge is -2.43. The van der Waals surface area contributed by atoms with Gasteiger partial charge >= 0.3 is 5.97 Å². The third kappa shape index (κ3) is 6.09. The molecule has 5 heteroatoms. The number of aliphatic carboxylic acids is 1. The molecular weight excluding hydrogens is 378 g/mol. The Labute approximate surface area is 180 Å². The number of carboxylic acid groups (broad SMARTS) is 1. The van der Waals surface area contributed by atoms with Crippen molar-refractivity contribution in [2.24, 2.45) is 0 Å². The first-order valence-corrected chi connectivity index (χ1v) is 10.8. The number of methoxy groups -OCH3 is 1. The van der Waals surface area contributed by atoms with Gasteiger partial charge in [0.2, 0.25) is 0 Å². The predicted molar refractivity (Wildman–Crippen MR) is 121 cm³/mol. The van der Waals surface area contributed by atoms with Gasteiger partial charge in [0.15, 0.2) is 0 Å². The molecule has 0 radical (unpaired) electrons. The molecule has 0 atom stereocenters. The Balaban J connectivity index is 0.00000106. The molecule has 2 N–H and O–H groups in total. The maximum absolute atomic E-state index is 12.1. The summed E-state index contributed by atoms with van der Waals surface area (Å²) in [5, 5.41) is 11.3. The van der Waals surface area contributed by atoms with Crippen molar-refractivity contribution < 1.29 is 19.4 Å². The van der Waals surface area contributed by atoms with Crippen molar-refractivity contribution in [3.05, 3.63) is 65.2 Å². The normalized spacial score (nSPS) is 13.4. The molecular formula is C25H35NO4. The van der Waals surface area contributed by atoms with Crippen molar-refractivity contribution in [2.75, 3.05) is 13.7 Å². The Hall–Kier alpha value is -2.82. The van der Waals surface area contributed by atoms with Gasteiger partial charge in [0, 0.05) is 17.5 Å². The van der Waals surface area contributed by atoms with Crippen molar-refractivity contribution in [3.8, 4) is 5.75 Å². The first-order valence-electron chi connectivity index (χ1n) is 10.8. The molecule has 1 fully saturated rings. The number of rotatable bonds is 7. The standard InChI is InChI=1S/C21H23NO4.2C2H6/c1-26-18-9-7-17(8-10-18)21(12-2-13-21)16-5-3-15(4-6-16)20(25)22-14-11-19(23)24;2*1-2/h3-10H,2,11-14H2,1H3,(H,22,25)(H,23,24);2*1-2H3. The van der Waals surface area contributed by atoms with E-state index >= 15 is 0 Å². The van der Waals surface area contributed by atoms with Gasteiger partial charge in [-0.2, -0.15) is 0 Å². The van der Waals surface area contributed by atoms with Crippen LogP contribution >= 0.6 is 0 Å². The summed E-state index contributed by atoms with van der Waals surface area (Å²) >= 11 is 0. The van der Waals surface area contributed by atoms with Gasteiger partial charge in [-0.15, -0.1) is 0 Å². The second-order valence-corrected chi connectivity index (χ2v) is 6.64. The molecule has 2 aromatic carbocycles. The van der Waals surface area contributed by atoms with E-state index in [1.165, 1.54) is 17.5 Å². The number of hydrogen-bond acceptors (Lipinski definition) is 3. The number of benzene rings is 2. The molecule has 1 aliphatic carbocycles. The van der Waals surface area contributed by atoms with E-state index in [1.807, 2.05) is 64.1 Å². The van der Waals surface area contributed by atoms with E-state index in [9.17, 15) is 9.59 Å². The smallest absolute Gasteiger partial charge is 0.305 e. The molecule has 0 aromatic heterocycles. The Morgan fingerprint density at radius 1 is 0.933 bits per heavy atom. The lowest BCUT2D eigenvalue weighted by atomic mass is 9.60. The quantitative estimate of drug-likeness (QED) is 0.635. The van der Waals surface area contributed by atoms with Crippen molar-refractivity contribution in [2.45, 2.75) is 58.8 Å². The largest absolute Gasteiger partial charge is 0.497 e. The molecule has 0 bridgehead atoms. The fraction of sp³-hybridized carbons (Fsp3) is 0.440. The van der Waals surface area contributed by atoms with Gasteiger partial charge in [-0.1, -0.05) is 58.4 Å². The summed E-state index contributed by atoms with van der Waals surface area (Å²) in [5.74, 6) is -0.325. The van der Waals surface area contributed by atoms with E-state index < -0.39 is 5.97 Å². The molecule has 0 saturated heterocycles. The highest BCUT2D eigenvalue weighted by Gasteiger charge is 2.40. The molecule has 164 valence electrons. The summed E-state index contributed by atoms with van der Waals surface area (Å²) in [7, 11) is 1.66. The van der Waals surface area contributed by atoms with Gasteiger partial charge in [0.25, 0.3) is 5.91 Å². The van der Waals surface area contributed by atoms with Crippen LogP contribution in [0.2, 0.25) is 0 Å². The number of amides is 1. The SMILES string of the molecule is CC.CC.COc1ccc(C2(c3ccc(C(=O)NCCC(=O)O)cc3)CCC2)cc1. The highest BCUT2D eigenvalue weighted by Crippen LogP contribution is 2.49. The van der Waals surface area contributed by atoms with E-state index in [1.54, 1.807) is 7.11 Å². The van der Waals surface area contributed by atoms with Crippen LogP contribution in [0.4, 0.5) is 0 Å². The van der Waals surface area contributed by atoms with Gasteiger partial charge in [0.1, 0.15) is 5.75 Å². The average Bonchev–Trinajstić information content (AvgIpc) is 2.76. The van der Waals surface area contributed by atoms with Gasteiger partial charge in [-0.3, -0.25) is 9.59 Å². The van der Waals surface area contributed by atoms with Crippen LogP contribution in [0, 0.1) is 0 Å². The number of ether oxygens (including phenoxy) is 1. The monoisotopic (exact) mass is 413 g/mol. The zero-order chi connectivity index (χ0) is 22.6. The van der Waals surface area contributed by atoms with Crippen molar-refractivity contribution in [1.29, 1.82) is 0 Å². The third-order valence-corrected chi connectivity index (χ3v) is 5.17. The summed E-state index contributed by atoms with van der Waals surface area (Å²) in [6.07, 6.45) is 3.28. The van der Waals surface area contributed by atoms with E-state index in [0.717, 1.165) is 18.6 Å². The first-order chi connectivity index (χ1) is 14.5. The fourth-order valence-corrected chi connectivity index (χ4v) is 3.51. The summed E-state index contributed by atoms with van der Waals surface area (Å²) in [6, 6.07) is 15.9. The average molecular weight is 414 g/mol. The molecule has 30 heavy (non-hydrogen) atoms. The van der Waals surface area contributed by atoms with Crippen LogP contribution in [0.15, 0.2) is 48.5 Å². The Morgan fingerprint density at radius 2 is 1.43 bits per heavy atom. The summed E-state index contributed by atoms with van der Waals surface area (Å²) in [5.41, 5.74) is 3.02. The fourth-order valence-electron chi connectivity index (χ4n) is 3.51. The van der Waals surface area contributed by atoms with Crippen LogP contribution in [-0.2, 0) is 10.2 Å². The second-order valence-electron chi connectivity index (χ2n) is 6.64. The molecule has 3 rings (SSSR count). The Kier molecular flexibility index (Phi) is 10.7. The summed E-state index contributed by atoms with van der Waals surface area (Å²) in [4.78, 5) is 22.6. The number of carbonyl (C=O) groups excluding carboxylic acids is 1. The molecule has 1 aliphatic rings. The van der Waals surface area contributed by atoms with Crippen molar-refractivity contribution in [1.82, 2.24) is 5.32 Å². The molecule has 0 heterocycles. The van der Waals surface area contributed by atoms with Crippen LogP contribution in [0.1, 0.15) is 74.9 Å². The summed E-state index contributed by atoms with van der Waals surface area (Å²) < 4.78 is 5.25. The zero-order valence-electron chi connectivity index (χ0n) is 18.8. The van der Waals surface area contributed by atoms with Crippen LogP contribution in [0.25, 0.3) is 0 Å². The maximum Gasteiger partial charge on any atom is 0.305 e. The number of carbonyl (C=O) groups is 2. The minimum Gasteiger partial charge on any atom is -0.497 e. The number of carboxylic acids is 1. The lowest BCUT2D eigenvalue weighted by Crippen LogP contribution is -2.35. The Morgan fingerprint density at radius 3 is 1.83 bits per heavy atom. The van der Waals surface area contributed by atoms with Gasteiger partial charge in [0.05, 0.1) is 13.5 Å². The maximum atomic E-state index is 12.1. The molecule has 1 saturated carbocycles. The molecule has 2 aromatic rings. The lowest BCUT2D eigenvalue weighted by molar-refractivity contribution is -0.136. The predicted octanol–water partition coefficient (Wildman–Crippen LogP) is 5.42. The van der Waals surface area contributed by atoms with Crippen LogP contribution in [-0.4, -0.2) is 30.6 Å². The van der Waals surface area contributed by atoms with Gasteiger partial charge < -0.3 is 15.2 Å². The van der Waals surface area contributed by atoms with E-state index in [2.05, 4.69) is 17.4 Å². The van der Waals surface area contributed by atoms with Crippen LogP contribution < -0.4 is 10.1 Å². The third-order valence-electron chi connectivity index (χ3n) is 5.17. The van der Waals surface area contributed by atoms with Gasteiger partial charge in [-0.05, 0) is 48.2 Å². The minimum atomic E-state index is -0.924. The topological polar surface area (TPSA) is 75.6 Å². The minimum absolute atomic E-state index is 0.00455. The number of hydrogen-bond donors (Lipinski definition) is 2. The summed E-state index contributed by atoms with van der Waals surface area (Å²) in [6.45, 7) is 8.13. The van der Waals surface area contributed by atoms with E-state index in [4.69, 9.17) is 9.84 Å².